The first-order chi connectivity index (χ1) is 7.79. The van der Waals surface area contributed by atoms with E-state index in [-0.39, 0.29) is 6.10 Å². The maximum Gasteiger partial charge on any atom is 0.127 e. The number of rotatable bonds is 4. The predicted octanol–water partition coefficient (Wildman–Crippen LogP) is 1.47. The molecule has 1 fully saturated rings. The zero-order chi connectivity index (χ0) is 11.4. The molecule has 2 rings (SSSR count). The molecule has 0 saturated carbocycles. The van der Waals surface area contributed by atoms with E-state index in [9.17, 15) is 5.11 Å². The molecule has 2 N–H and O–H groups in total. The minimum atomic E-state index is -0.180. The van der Waals surface area contributed by atoms with Gasteiger partial charge in [0.05, 0.1) is 6.10 Å². The summed E-state index contributed by atoms with van der Waals surface area (Å²) in [5, 5.41) is 12.8. The lowest BCUT2D eigenvalue weighted by molar-refractivity contribution is 0.198. The molecule has 4 heteroatoms. The first-order valence-electron chi connectivity index (χ1n) is 5.92. The predicted molar refractivity (Wildman–Crippen MR) is 65.9 cm³/mol. The van der Waals surface area contributed by atoms with Crippen molar-refractivity contribution in [2.45, 2.75) is 25.9 Å². The topological polar surface area (TPSA) is 48.4 Å². The summed E-state index contributed by atoms with van der Waals surface area (Å²) in [5.74, 6) is 0.917. The van der Waals surface area contributed by atoms with Crippen LogP contribution in [0.15, 0.2) is 18.3 Å². The van der Waals surface area contributed by atoms with Gasteiger partial charge in [-0.05, 0) is 18.9 Å². The Bertz CT molecular complexity index is 343. The third-order valence-electron chi connectivity index (χ3n) is 2.83. The summed E-state index contributed by atoms with van der Waals surface area (Å²) in [6, 6.07) is 4.04. The molecule has 1 unspecified atom stereocenters. The molecule has 1 aliphatic heterocycles. The highest BCUT2D eigenvalue weighted by Crippen LogP contribution is 2.21. The average molecular weight is 221 g/mol. The minimum Gasteiger partial charge on any atom is -0.391 e. The molecule has 0 spiro atoms. The Morgan fingerprint density at radius 3 is 3.19 bits per heavy atom. The van der Waals surface area contributed by atoms with Crippen LogP contribution in [0.25, 0.3) is 0 Å². The van der Waals surface area contributed by atoms with Gasteiger partial charge in [-0.1, -0.05) is 6.92 Å². The molecule has 1 saturated heterocycles. The molecule has 0 bridgehead atoms. The Labute approximate surface area is 96.3 Å². The maximum atomic E-state index is 9.50. The zero-order valence-electron chi connectivity index (χ0n) is 9.69. The molecule has 0 amide bonds. The normalized spacial score (nSPS) is 20.1. The molecule has 1 aromatic heterocycles. The molecular formula is C12H19N3O. The number of nitrogens with one attached hydrogen (secondary N) is 1. The molecular weight excluding hydrogens is 202 g/mol. The Balaban J connectivity index is 2.04. The fraction of sp³-hybridized carbons (Fsp3) is 0.583. The Morgan fingerprint density at radius 1 is 1.62 bits per heavy atom. The summed E-state index contributed by atoms with van der Waals surface area (Å²) < 4.78 is 0. The first kappa shape index (κ1) is 11.2. The summed E-state index contributed by atoms with van der Waals surface area (Å²) in [7, 11) is 0. The lowest BCUT2D eigenvalue weighted by atomic mass is 10.3. The van der Waals surface area contributed by atoms with E-state index in [1.807, 2.05) is 18.3 Å². The van der Waals surface area contributed by atoms with Crippen LogP contribution < -0.4 is 10.2 Å². The zero-order valence-corrected chi connectivity index (χ0v) is 9.69. The van der Waals surface area contributed by atoms with Crippen LogP contribution in [0.5, 0.6) is 0 Å². The smallest absolute Gasteiger partial charge is 0.127 e. The van der Waals surface area contributed by atoms with E-state index in [0.717, 1.165) is 44.0 Å². The van der Waals surface area contributed by atoms with Crippen molar-refractivity contribution in [2.24, 2.45) is 0 Å². The third kappa shape index (κ3) is 2.64. The summed E-state index contributed by atoms with van der Waals surface area (Å²) in [5.41, 5.74) is 1.14. The number of anilines is 2. The summed E-state index contributed by atoms with van der Waals surface area (Å²) >= 11 is 0. The average Bonchev–Trinajstić information content (AvgIpc) is 2.74. The van der Waals surface area contributed by atoms with Crippen LogP contribution >= 0.6 is 0 Å². The fourth-order valence-corrected chi connectivity index (χ4v) is 1.94. The van der Waals surface area contributed by atoms with E-state index in [1.54, 1.807) is 0 Å². The maximum absolute atomic E-state index is 9.50. The highest BCUT2D eigenvalue weighted by Gasteiger charge is 2.20. The highest BCUT2D eigenvalue weighted by molar-refractivity contribution is 5.54. The number of nitrogens with zero attached hydrogens (tertiary/aromatic N) is 2. The molecule has 1 atom stereocenters. The number of pyridine rings is 1. The van der Waals surface area contributed by atoms with Gasteiger partial charge >= 0.3 is 0 Å². The Morgan fingerprint density at radius 2 is 2.50 bits per heavy atom. The van der Waals surface area contributed by atoms with Crippen molar-refractivity contribution in [1.82, 2.24) is 4.98 Å². The first-order valence-corrected chi connectivity index (χ1v) is 5.92. The fourth-order valence-electron chi connectivity index (χ4n) is 1.94. The van der Waals surface area contributed by atoms with E-state index in [2.05, 4.69) is 22.1 Å². The van der Waals surface area contributed by atoms with E-state index in [1.165, 1.54) is 0 Å². The standard InChI is InChI=1S/C12H19N3O/c1-2-5-13-12-8-10(3-6-14-12)15-7-4-11(16)9-15/h3,6,8,11,16H,2,4-5,7,9H2,1H3,(H,13,14). The lowest BCUT2D eigenvalue weighted by Gasteiger charge is -2.18. The van der Waals surface area contributed by atoms with Gasteiger partial charge in [0.1, 0.15) is 5.82 Å². The van der Waals surface area contributed by atoms with Crippen LogP contribution in [-0.4, -0.2) is 35.8 Å². The monoisotopic (exact) mass is 221 g/mol. The molecule has 88 valence electrons. The molecule has 2 heterocycles. The second-order valence-electron chi connectivity index (χ2n) is 4.21. The molecule has 0 radical (unpaired) electrons. The van der Waals surface area contributed by atoms with Gasteiger partial charge in [-0.25, -0.2) is 4.98 Å². The molecule has 4 nitrogen and oxygen atoms in total. The molecule has 1 aromatic rings. The van der Waals surface area contributed by atoms with Crippen molar-refractivity contribution in [1.29, 1.82) is 0 Å². The van der Waals surface area contributed by atoms with Crippen molar-refractivity contribution >= 4 is 11.5 Å². The minimum absolute atomic E-state index is 0.180. The molecule has 1 aliphatic rings. The van der Waals surface area contributed by atoms with Gasteiger partial charge in [-0.2, -0.15) is 0 Å². The number of hydrogen-bond donors (Lipinski definition) is 2. The number of aromatic nitrogens is 1. The van der Waals surface area contributed by atoms with Gasteiger partial charge in [-0.15, -0.1) is 0 Å². The van der Waals surface area contributed by atoms with Gasteiger partial charge < -0.3 is 15.3 Å². The van der Waals surface area contributed by atoms with Gasteiger partial charge in [-0.3, -0.25) is 0 Å². The third-order valence-corrected chi connectivity index (χ3v) is 2.83. The van der Waals surface area contributed by atoms with E-state index in [4.69, 9.17) is 0 Å². The molecule has 0 aliphatic carbocycles. The van der Waals surface area contributed by atoms with Gasteiger partial charge in [0.15, 0.2) is 0 Å². The van der Waals surface area contributed by atoms with Crippen molar-refractivity contribution in [3.63, 3.8) is 0 Å². The summed E-state index contributed by atoms with van der Waals surface area (Å²) in [6.07, 6.45) is 3.59. The van der Waals surface area contributed by atoms with Crippen LogP contribution in [0.2, 0.25) is 0 Å². The van der Waals surface area contributed by atoms with Crippen molar-refractivity contribution in [3.8, 4) is 0 Å². The quantitative estimate of drug-likeness (QED) is 0.808. The number of aliphatic hydroxyl groups is 1. The van der Waals surface area contributed by atoms with Crippen molar-refractivity contribution in [2.75, 3.05) is 29.9 Å². The summed E-state index contributed by atoms with van der Waals surface area (Å²) in [6.45, 7) is 4.74. The largest absolute Gasteiger partial charge is 0.391 e. The number of β-amino-alcohol motifs (C(OH)–C–C–N with tert-alkyl or cyclic N) is 1. The van der Waals surface area contributed by atoms with Gasteiger partial charge in [0.2, 0.25) is 0 Å². The Hall–Kier alpha value is -1.29. The second kappa shape index (κ2) is 5.16. The Kier molecular flexibility index (Phi) is 3.62. The van der Waals surface area contributed by atoms with E-state index < -0.39 is 0 Å². The van der Waals surface area contributed by atoms with E-state index in [0.29, 0.717) is 0 Å². The van der Waals surface area contributed by atoms with Crippen LogP contribution in [0.3, 0.4) is 0 Å². The van der Waals surface area contributed by atoms with E-state index >= 15 is 0 Å². The number of hydrogen-bond acceptors (Lipinski definition) is 4. The van der Waals surface area contributed by atoms with Crippen LogP contribution in [0, 0.1) is 0 Å². The van der Waals surface area contributed by atoms with Gasteiger partial charge in [0, 0.05) is 37.6 Å². The number of aliphatic hydroxyl groups excluding tert-OH is 1. The van der Waals surface area contributed by atoms with Gasteiger partial charge in [0.25, 0.3) is 0 Å². The molecule has 0 aromatic carbocycles. The van der Waals surface area contributed by atoms with Crippen LogP contribution in [0.1, 0.15) is 19.8 Å². The van der Waals surface area contributed by atoms with Crippen molar-refractivity contribution < 1.29 is 5.11 Å². The highest BCUT2D eigenvalue weighted by atomic mass is 16.3. The van der Waals surface area contributed by atoms with Crippen LogP contribution in [-0.2, 0) is 0 Å². The van der Waals surface area contributed by atoms with Crippen LogP contribution in [0.4, 0.5) is 11.5 Å². The SMILES string of the molecule is CCCNc1cc(N2CCC(O)C2)ccn1. The summed E-state index contributed by atoms with van der Waals surface area (Å²) in [4.78, 5) is 6.46. The molecule has 16 heavy (non-hydrogen) atoms. The second-order valence-corrected chi connectivity index (χ2v) is 4.21. The van der Waals surface area contributed by atoms with Crippen molar-refractivity contribution in [3.05, 3.63) is 18.3 Å². The lowest BCUT2D eigenvalue weighted by Crippen LogP contribution is -2.21.